The lowest BCUT2D eigenvalue weighted by Crippen LogP contribution is -2.43. The van der Waals surface area contributed by atoms with Crippen molar-refractivity contribution < 1.29 is 4.79 Å². The summed E-state index contributed by atoms with van der Waals surface area (Å²) in [5.74, 6) is 1.08. The zero-order chi connectivity index (χ0) is 13.2. The van der Waals surface area contributed by atoms with Crippen LogP contribution in [0.15, 0.2) is 0 Å². The standard InChI is InChI=1S/C14H22N2OS/c1-13(2)7-8-16(9-10-18-13)12(17)14(11-15)5-3-4-6-14/h3-10H2,1-2H3. The number of hydrogen-bond donors (Lipinski definition) is 0. The molecular formula is C14H22N2OS. The first-order chi connectivity index (χ1) is 8.49. The fourth-order valence-electron chi connectivity index (χ4n) is 2.88. The Labute approximate surface area is 114 Å². The predicted molar refractivity (Wildman–Crippen MR) is 74.2 cm³/mol. The molecule has 0 aromatic heterocycles. The molecule has 0 atom stereocenters. The van der Waals surface area contributed by atoms with Crippen LogP contribution in [0.3, 0.4) is 0 Å². The summed E-state index contributed by atoms with van der Waals surface area (Å²) >= 11 is 1.93. The Hall–Kier alpha value is -0.690. The summed E-state index contributed by atoms with van der Waals surface area (Å²) in [4.78, 5) is 14.6. The summed E-state index contributed by atoms with van der Waals surface area (Å²) in [6.07, 6.45) is 4.58. The van der Waals surface area contributed by atoms with Crippen LogP contribution in [0.5, 0.6) is 0 Å². The molecule has 0 aromatic carbocycles. The summed E-state index contributed by atoms with van der Waals surface area (Å²) in [5.41, 5.74) is -0.695. The second kappa shape index (κ2) is 5.13. The van der Waals surface area contributed by atoms with Crippen molar-refractivity contribution in [3.8, 4) is 6.07 Å². The van der Waals surface area contributed by atoms with Gasteiger partial charge in [0, 0.05) is 23.6 Å². The number of thioether (sulfide) groups is 1. The van der Waals surface area contributed by atoms with Crippen LogP contribution < -0.4 is 0 Å². The van der Waals surface area contributed by atoms with Gasteiger partial charge in [0.05, 0.1) is 6.07 Å². The maximum atomic E-state index is 12.6. The molecule has 0 bridgehead atoms. The Morgan fingerprint density at radius 2 is 1.89 bits per heavy atom. The van der Waals surface area contributed by atoms with Crippen molar-refractivity contribution in [1.29, 1.82) is 5.26 Å². The minimum atomic E-state index is -0.695. The van der Waals surface area contributed by atoms with E-state index < -0.39 is 5.41 Å². The van der Waals surface area contributed by atoms with Crippen molar-refractivity contribution >= 4 is 17.7 Å². The van der Waals surface area contributed by atoms with Crippen LogP contribution in [0, 0.1) is 16.7 Å². The third kappa shape index (κ3) is 2.66. The van der Waals surface area contributed by atoms with Gasteiger partial charge in [-0.15, -0.1) is 0 Å². The van der Waals surface area contributed by atoms with Gasteiger partial charge in [0.15, 0.2) is 0 Å². The molecule has 2 fully saturated rings. The first kappa shape index (κ1) is 13.7. The molecule has 18 heavy (non-hydrogen) atoms. The molecule has 100 valence electrons. The third-order valence-electron chi connectivity index (χ3n) is 4.21. The molecule has 1 saturated heterocycles. The molecule has 0 aromatic rings. The molecule has 1 aliphatic carbocycles. The predicted octanol–water partition coefficient (Wildman–Crippen LogP) is 2.81. The zero-order valence-electron chi connectivity index (χ0n) is 11.4. The van der Waals surface area contributed by atoms with E-state index >= 15 is 0 Å². The van der Waals surface area contributed by atoms with E-state index in [1.165, 1.54) is 0 Å². The summed E-state index contributed by atoms with van der Waals surface area (Å²) in [7, 11) is 0. The van der Waals surface area contributed by atoms with Gasteiger partial charge in [-0.05, 0) is 19.3 Å². The molecule has 0 spiro atoms. The van der Waals surface area contributed by atoms with Crippen molar-refractivity contribution in [2.24, 2.45) is 5.41 Å². The van der Waals surface area contributed by atoms with E-state index in [4.69, 9.17) is 0 Å². The Kier molecular flexibility index (Phi) is 3.91. The van der Waals surface area contributed by atoms with E-state index in [1.54, 1.807) is 0 Å². The monoisotopic (exact) mass is 266 g/mol. The highest BCUT2D eigenvalue weighted by molar-refractivity contribution is 8.00. The van der Waals surface area contributed by atoms with E-state index in [-0.39, 0.29) is 10.7 Å². The van der Waals surface area contributed by atoms with E-state index in [0.717, 1.165) is 50.9 Å². The van der Waals surface area contributed by atoms with Gasteiger partial charge in [-0.1, -0.05) is 26.7 Å². The molecule has 1 aliphatic heterocycles. The second-order valence-electron chi connectivity index (χ2n) is 6.05. The highest BCUT2D eigenvalue weighted by atomic mass is 32.2. The van der Waals surface area contributed by atoms with E-state index in [9.17, 15) is 10.1 Å². The fraction of sp³-hybridized carbons (Fsp3) is 0.857. The zero-order valence-corrected chi connectivity index (χ0v) is 12.2. The topological polar surface area (TPSA) is 44.1 Å². The Morgan fingerprint density at radius 3 is 2.50 bits per heavy atom. The van der Waals surface area contributed by atoms with Crippen molar-refractivity contribution in [3.05, 3.63) is 0 Å². The van der Waals surface area contributed by atoms with Crippen LogP contribution in [0.2, 0.25) is 0 Å². The molecule has 3 nitrogen and oxygen atoms in total. The maximum Gasteiger partial charge on any atom is 0.243 e. The Bertz CT molecular complexity index is 366. The molecule has 1 heterocycles. The molecule has 0 N–H and O–H groups in total. The van der Waals surface area contributed by atoms with Gasteiger partial charge in [-0.25, -0.2) is 0 Å². The third-order valence-corrected chi connectivity index (χ3v) is 5.58. The van der Waals surface area contributed by atoms with Gasteiger partial charge < -0.3 is 4.90 Å². The first-order valence-electron chi connectivity index (χ1n) is 6.84. The normalized spacial score (nSPS) is 26.4. The Morgan fingerprint density at radius 1 is 1.22 bits per heavy atom. The molecule has 1 saturated carbocycles. The van der Waals surface area contributed by atoms with Crippen LogP contribution in [0.25, 0.3) is 0 Å². The van der Waals surface area contributed by atoms with Crippen molar-refractivity contribution in [1.82, 2.24) is 4.90 Å². The number of carbonyl (C=O) groups is 1. The average Bonchev–Trinajstić information content (AvgIpc) is 2.75. The number of hydrogen-bond acceptors (Lipinski definition) is 3. The molecule has 1 amide bonds. The highest BCUT2D eigenvalue weighted by Gasteiger charge is 2.44. The minimum Gasteiger partial charge on any atom is -0.340 e. The van der Waals surface area contributed by atoms with Crippen molar-refractivity contribution in [2.45, 2.75) is 50.7 Å². The van der Waals surface area contributed by atoms with Crippen LogP contribution in [-0.2, 0) is 4.79 Å². The lowest BCUT2D eigenvalue weighted by Gasteiger charge is -2.29. The highest BCUT2D eigenvalue weighted by Crippen LogP contribution is 2.40. The summed E-state index contributed by atoms with van der Waals surface area (Å²) in [6, 6.07) is 2.32. The number of nitrogens with zero attached hydrogens (tertiary/aromatic N) is 2. The SMILES string of the molecule is CC1(C)CCN(C(=O)C2(C#N)CCCC2)CCS1. The lowest BCUT2D eigenvalue weighted by molar-refractivity contribution is -0.138. The Balaban J connectivity index is 2.07. The van der Waals surface area contributed by atoms with Crippen LogP contribution >= 0.6 is 11.8 Å². The van der Waals surface area contributed by atoms with Crippen LogP contribution in [-0.4, -0.2) is 34.4 Å². The van der Waals surface area contributed by atoms with E-state index in [0.29, 0.717) is 0 Å². The average molecular weight is 266 g/mol. The summed E-state index contributed by atoms with van der Waals surface area (Å²) in [5, 5.41) is 9.39. The summed E-state index contributed by atoms with van der Waals surface area (Å²) in [6.45, 7) is 6.08. The van der Waals surface area contributed by atoms with Gasteiger partial charge in [0.1, 0.15) is 5.41 Å². The number of carbonyl (C=O) groups excluding carboxylic acids is 1. The second-order valence-corrected chi connectivity index (χ2v) is 7.85. The van der Waals surface area contributed by atoms with E-state index in [2.05, 4.69) is 19.9 Å². The van der Waals surface area contributed by atoms with E-state index in [1.807, 2.05) is 16.7 Å². The molecular weight excluding hydrogens is 244 g/mol. The molecule has 2 rings (SSSR count). The lowest BCUT2D eigenvalue weighted by atomic mass is 9.86. The molecule has 4 heteroatoms. The molecule has 2 aliphatic rings. The smallest absolute Gasteiger partial charge is 0.243 e. The van der Waals surface area contributed by atoms with Gasteiger partial charge >= 0.3 is 0 Å². The maximum absolute atomic E-state index is 12.6. The number of rotatable bonds is 1. The van der Waals surface area contributed by atoms with Crippen LogP contribution in [0.4, 0.5) is 0 Å². The quantitative estimate of drug-likeness (QED) is 0.733. The van der Waals surface area contributed by atoms with Gasteiger partial charge in [-0.3, -0.25) is 4.79 Å². The van der Waals surface area contributed by atoms with Crippen molar-refractivity contribution in [2.75, 3.05) is 18.8 Å². The van der Waals surface area contributed by atoms with Crippen molar-refractivity contribution in [3.63, 3.8) is 0 Å². The number of amides is 1. The van der Waals surface area contributed by atoms with Gasteiger partial charge in [0.2, 0.25) is 5.91 Å². The van der Waals surface area contributed by atoms with Gasteiger partial charge in [0.25, 0.3) is 0 Å². The van der Waals surface area contributed by atoms with Gasteiger partial charge in [-0.2, -0.15) is 17.0 Å². The first-order valence-corrected chi connectivity index (χ1v) is 7.82. The minimum absolute atomic E-state index is 0.0980. The molecule has 0 unspecified atom stereocenters. The molecule has 0 radical (unpaired) electrons. The summed E-state index contributed by atoms with van der Waals surface area (Å²) < 4.78 is 0.254. The van der Waals surface area contributed by atoms with Crippen LogP contribution in [0.1, 0.15) is 46.0 Å². The largest absolute Gasteiger partial charge is 0.340 e. The number of nitriles is 1. The fourth-order valence-corrected chi connectivity index (χ4v) is 3.98.